The van der Waals surface area contributed by atoms with Crippen molar-refractivity contribution in [2.45, 2.75) is 33.4 Å². The van der Waals surface area contributed by atoms with E-state index < -0.39 is 0 Å². The largest absolute Gasteiger partial charge is 0.345 e. The summed E-state index contributed by atoms with van der Waals surface area (Å²) in [4.78, 5) is 0. The van der Waals surface area contributed by atoms with Gasteiger partial charge < -0.3 is 10.3 Å². The molecule has 0 unspecified atom stereocenters. The molecule has 0 radical (unpaired) electrons. The first-order valence-electron chi connectivity index (χ1n) is 6.12. The Kier molecular flexibility index (Phi) is 3.64. The topological polar surface area (TPSA) is 48.8 Å². The third-order valence-electron chi connectivity index (χ3n) is 2.94. The summed E-state index contributed by atoms with van der Waals surface area (Å²) in [5.74, 6) is 0. The van der Waals surface area contributed by atoms with Crippen LogP contribution in [0.4, 0.5) is 0 Å². The molecule has 0 atom stereocenters. The van der Waals surface area contributed by atoms with Crippen molar-refractivity contribution in [1.29, 1.82) is 0 Å². The van der Waals surface area contributed by atoms with Gasteiger partial charge in [0, 0.05) is 18.4 Å². The molecule has 0 saturated carbocycles. The van der Waals surface area contributed by atoms with E-state index in [1.54, 1.807) is 0 Å². The number of hydrogen-bond acceptors (Lipinski definition) is 2. The molecule has 2 aromatic rings. The van der Waals surface area contributed by atoms with Crippen LogP contribution >= 0.6 is 0 Å². The van der Waals surface area contributed by atoms with Gasteiger partial charge in [0.2, 0.25) is 0 Å². The highest BCUT2D eigenvalue weighted by Crippen LogP contribution is 2.10. The first-order chi connectivity index (χ1) is 8.24. The van der Waals surface area contributed by atoms with Crippen LogP contribution < -0.4 is 5.73 Å². The lowest BCUT2D eigenvalue weighted by atomic mass is 10.3. The minimum absolute atomic E-state index is 0.691. The standard InChI is InChI=1S/C13H20N4/c1-3-17-13(9-11(2)15-17)10-16-8-4-5-12(16)6-7-14/h4-5,8-9H,3,6-7,10,14H2,1-2H3. The van der Waals surface area contributed by atoms with Crippen LogP contribution in [0.1, 0.15) is 24.0 Å². The van der Waals surface area contributed by atoms with Crippen LogP contribution in [0, 0.1) is 6.92 Å². The maximum atomic E-state index is 5.61. The van der Waals surface area contributed by atoms with Crippen molar-refractivity contribution in [3.05, 3.63) is 41.5 Å². The number of aromatic nitrogens is 3. The second kappa shape index (κ2) is 5.19. The number of nitrogens with two attached hydrogens (primary N) is 1. The highest BCUT2D eigenvalue weighted by atomic mass is 15.3. The van der Waals surface area contributed by atoms with Crippen LogP contribution in [0.3, 0.4) is 0 Å². The summed E-state index contributed by atoms with van der Waals surface area (Å²) in [7, 11) is 0. The second-order valence-electron chi connectivity index (χ2n) is 4.26. The van der Waals surface area contributed by atoms with E-state index in [9.17, 15) is 0 Å². The van der Waals surface area contributed by atoms with Crippen LogP contribution in [0.15, 0.2) is 24.4 Å². The van der Waals surface area contributed by atoms with E-state index in [2.05, 4.69) is 45.7 Å². The first-order valence-corrected chi connectivity index (χ1v) is 6.12. The lowest BCUT2D eigenvalue weighted by Gasteiger charge is -2.09. The quantitative estimate of drug-likeness (QED) is 0.850. The van der Waals surface area contributed by atoms with Crippen molar-refractivity contribution in [2.24, 2.45) is 5.73 Å². The van der Waals surface area contributed by atoms with Crippen LogP contribution in [-0.2, 0) is 19.5 Å². The average molecular weight is 232 g/mol. The molecule has 0 aliphatic rings. The van der Waals surface area contributed by atoms with Gasteiger partial charge >= 0.3 is 0 Å². The molecule has 2 aromatic heterocycles. The lowest BCUT2D eigenvalue weighted by Crippen LogP contribution is -2.12. The van der Waals surface area contributed by atoms with Gasteiger partial charge in [-0.05, 0) is 45.0 Å². The molecule has 0 saturated heterocycles. The van der Waals surface area contributed by atoms with E-state index >= 15 is 0 Å². The van der Waals surface area contributed by atoms with Gasteiger partial charge in [0.05, 0.1) is 17.9 Å². The summed E-state index contributed by atoms with van der Waals surface area (Å²) in [5.41, 5.74) is 9.23. The lowest BCUT2D eigenvalue weighted by molar-refractivity contribution is 0.591. The fourth-order valence-electron chi connectivity index (χ4n) is 2.15. The Bertz CT molecular complexity index is 481. The molecular formula is C13H20N4. The zero-order valence-corrected chi connectivity index (χ0v) is 10.6. The molecule has 2 N–H and O–H groups in total. The van der Waals surface area contributed by atoms with E-state index in [1.165, 1.54) is 11.4 Å². The summed E-state index contributed by atoms with van der Waals surface area (Å²) in [6.45, 7) is 6.63. The minimum Gasteiger partial charge on any atom is -0.345 e. The van der Waals surface area contributed by atoms with Crippen molar-refractivity contribution in [1.82, 2.24) is 14.3 Å². The molecule has 92 valence electrons. The van der Waals surface area contributed by atoms with Gasteiger partial charge in [0.1, 0.15) is 0 Å². The van der Waals surface area contributed by atoms with Crippen LogP contribution in [0.2, 0.25) is 0 Å². The first kappa shape index (κ1) is 11.9. The molecule has 0 bridgehead atoms. The van der Waals surface area contributed by atoms with E-state index in [1.807, 2.05) is 6.92 Å². The number of hydrogen-bond donors (Lipinski definition) is 1. The third-order valence-corrected chi connectivity index (χ3v) is 2.94. The van der Waals surface area contributed by atoms with Crippen molar-refractivity contribution in [3.8, 4) is 0 Å². The van der Waals surface area contributed by atoms with Crippen molar-refractivity contribution in [2.75, 3.05) is 6.54 Å². The minimum atomic E-state index is 0.691. The monoisotopic (exact) mass is 232 g/mol. The number of rotatable bonds is 5. The predicted molar refractivity (Wildman–Crippen MR) is 68.9 cm³/mol. The Morgan fingerprint density at radius 3 is 2.88 bits per heavy atom. The van der Waals surface area contributed by atoms with Gasteiger partial charge in [-0.1, -0.05) is 0 Å². The molecule has 4 heteroatoms. The molecule has 0 aromatic carbocycles. The Hall–Kier alpha value is -1.55. The van der Waals surface area contributed by atoms with Gasteiger partial charge in [0.25, 0.3) is 0 Å². The summed E-state index contributed by atoms with van der Waals surface area (Å²) in [6.07, 6.45) is 3.03. The maximum Gasteiger partial charge on any atom is 0.0642 e. The summed E-state index contributed by atoms with van der Waals surface area (Å²) >= 11 is 0. The Morgan fingerprint density at radius 2 is 2.18 bits per heavy atom. The summed E-state index contributed by atoms with van der Waals surface area (Å²) < 4.78 is 4.30. The molecule has 4 nitrogen and oxygen atoms in total. The van der Waals surface area contributed by atoms with Crippen molar-refractivity contribution >= 4 is 0 Å². The zero-order chi connectivity index (χ0) is 12.3. The van der Waals surface area contributed by atoms with Gasteiger partial charge in [-0.2, -0.15) is 5.10 Å². The predicted octanol–water partition coefficient (Wildman–Crippen LogP) is 1.56. The molecule has 2 heterocycles. The number of nitrogens with zero attached hydrogens (tertiary/aromatic N) is 3. The highest BCUT2D eigenvalue weighted by Gasteiger charge is 2.06. The van der Waals surface area contributed by atoms with E-state index in [0.29, 0.717) is 6.54 Å². The van der Waals surface area contributed by atoms with Crippen molar-refractivity contribution in [3.63, 3.8) is 0 Å². The van der Waals surface area contributed by atoms with Gasteiger partial charge in [-0.3, -0.25) is 4.68 Å². The van der Waals surface area contributed by atoms with Gasteiger partial charge in [0.15, 0.2) is 0 Å². The Balaban J connectivity index is 2.21. The highest BCUT2D eigenvalue weighted by molar-refractivity contribution is 5.14. The number of aryl methyl sites for hydroxylation is 2. The Labute approximate surface area is 102 Å². The third kappa shape index (κ3) is 2.58. The van der Waals surface area contributed by atoms with Crippen LogP contribution in [0.5, 0.6) is 0 Å². The summed E-state index contributed by atoms with van der Waals surface area (Å²) in [6, 6.07) is 6.35. The fourth-order valence-corrected chi connectivity index (χ4v) is 2.15. The molecule has 0 spiro atoms. The SMILES string of the molecule is CCn1nc(C)cc1Cn1cccc1CCN. The molecule has 17 heavy (non-hydrogen) atoms. The van der Waals surface area contributed by atoms with Gasteiger partial charge in [-0.25, -0.2) is 0 Å². The molecule has 0 amide bonds. The normalized spacial score (nSPS) is 11.0. The van der Waals surface area contributed by atoms with Crippen LogP contribution in [-0.4, -0.2) is 20.9 Å². The van der Waals surface area contributed by atoms with Crippen molar-refractivity contribution < 1.29 is 0 Å². The molecule has 0 fully saturated rings. The maximum absolute atomic E-state index is 5.61. The smallest absolute Gasteiger partial charge is 0.0642 e. The van der Waals surface area contributed by atoms with E-state index in [4.69, 9.17) is 5.73 Å². The van der Waals surface area contributed by atoms with E-state index in [0.717, 1.165) is 25.2 Å². The fraction of sp³-hybridized carbons (Fsp3) is 0.462. The summed E-state index contributed by atoms with van der Waals surface area (Å²) in [5, 5.41) is 4.46. The Morgan fingerprint density at radius 1 is 1.35 bits per heavy atom. The van der Waals surface area contributed by atoms with Gasteiger partial charge in [-0.15, -0.1) is 0 Å². The molecular weight excluding hydrogens is 212 g/mol. The second-order valence-corrected chi connectivity index (χ2v) is 4.26. The molecule has 2 rings (SSSR count). The molecule has 0 aliphatic heterocycles. The van der Waals surface area contributed by atoms with Crippen LogP contribution in [0.25, 0.3) is 0 Å². The zero-order valence-electron chi connectivity index (χ0n) is 10.6. The van der Waals surface area contributed by atoms with E-state index in [-0.39, 0.29) is 0 Å². The molecule has 0 aliphatic carbocycles. The average Bonchev–Trinajstić information content (AvgIpc) is 2.87.